The lowest BCUT2D eigenvalue weighted by Gasteiger charge is -2.28. The number of nitrogens with zero attached hydrogens (tertiary/aromatic N) is 1. The zero-order valence-electron chi connectivity index (χ0n) is 37.4. The number of furan rings is 2. The minimum atomic E-state index is 0.784. The Labute approximate surface area is 398 Å². The van der Waals surface area contributed by atoms with Crippen molar-refractivity contribution in [3.63, 3.8) is 0 Å². The third-order valence-electron chi connectivity index (χ3n) is 13.4. The highest BCUT2D eigenvalue weighted by Gasteiger charge is 2.24. The summed E-state index contributed by atoms with van der Waals surface area (Å²) >= 11 is 0. The molecule has 1 aliphatic heterocycles. The molecule has 0 spiro atoms. The van der Waals surface area contributed by atoms with Crippen LogP contribution in [-0.2, 0) is 0 Å². The van der Waals surface area contributed by atoms with Gasteiger partial charge in [0.25, 0.3) is 0 Å². The maximum Gasteiger partial charge on any atom is 0.143 e. The van der Waals surface area contributed by atoms with Crippen LogP contribution in [-0.4, -0.2) is 0 Å². The topological polar surface area (TPSA) is 50.8 Å². The Morgan fingerprint density at radius 3 is 1.71 bits per heavy atom. The van der Waals surface area contributed by atoms with Crippen molar-refractivity contribution in [2.75, 3.05) is 10.2 Å². The largest absolute Gasteiger partial charge is 0.456 e. The fraction of sp³-hybridized carbons (Fsp3) is 0. The molecule has 5 nitrogen and oxygen atoms in total. The number of rotatable bonds is 10. The minimum absolute atomic E-state index is 0.784. The Bertz CT molecular complexity index is 4060. The van der Waals surface area contributed by atoms with Crippen molar-refractivity contribution in [2.24, 2.45) is 0 Å². The first-order chi connectivity index (χ1) is 34.1. The Morgan fingerprint density at radius 1 is 0.435 bits per heavy atom. The minimum Gasteiger partial charge on any atom is -0.456 e. The third kappa shape index (κ3) is 6.70. The van der Waals surface area contributed by atoms with E-state index in [1.165, 1.54) is 0 Å². The van der Waals surface area contributed by atoms with E-state index in [2.05, 4.69) is 187 Å². The zero-order valence-corrected chi connectivity index (χ0v) is 37.4. The SMILES string of the molecule is C=C/C=C\C(=C)N(c1ccccc1)c1ccc2c(c1)Oc1ccc(Nc3ccc(-c4cccc5c4oc4ccccc45)cc3-c3ccc(-c4cccc5c4oc4ccccc45)cc3)c3cccc-2c13. The predicted octanol–water partition coefficient (Wildman–Crippen LogP) is 18.5. The first-order valence-electron chi connectivity index (χ1n) is 23.1. The lowest BCUT2D eigenvalue weighted by molar-refractivity contribution is 0.487. The Hall–Kier alpha value is -9.32. The molecule has 0 bridgehead atoms. The number of hydrogen-bond donors (Lipinski definition) is 1. The van der Waals surface area contributed by atoms with Crippen molar-refractivity contribution in [1.29, 1.82) is 0 Å². The second-order valence-electron chi connectivity index (χ2n) is 17.4. The standard InChI is InChI=1S/C64H42N2O3/c1-3-4-15-40(2)66(44-16-6-5-7-17-44)45-33-34-50-51-22-14-25-54-56(36-37-60(62(51)54)67-61(50)39-45)65-57-35-32-43(47-21-13-24-53-49-19-9-11-27-59(49)69-64(47)53)38-55(57)42-30-28-41(29-31-42)46-20-12-23-52-48-18-8-10-26-58(48)68-63(46)52/h3-39,65H,1-2H2/b15-4-. The van der Waals surface area contributed by atoms with Gasteiger partial charge in [-0.05, 0) is 89.0 Å². The van der Waals surface area contributed by atoms with Crippen LogP contribution in [0.1, 0.15) is 0 Å². The molecule has 5 heteroatoms. The van der Waals surface area contributed by atoms with Crippen LogP contribution in [0.5, 0.6) is 11.5 Å². The number of anilines is 4. The molecule has 13 rings (SSSR count). The van der Waals surface area contributed by atoms with Crippen molar-refractivity contribution < 1.29 is 13.6 Å². The van der Waals surface area contributed by atoms with Crippen molar-refractivity contribution in [3.05, 3.63) is 243 Å². The Balaban J connectivity index is 0.911. The van der Waals surface area contributed by atoms with Crippen molar-refractivity contribution in [3.8, 4) is 56.0 Å². The first kappa shape index (κ1) is 40.0. The fourth-order valence-electron chi connectivity index (χ4n) is 10.2. The number of benzene rings is 10. The number of hydrogen-bond acceptors (Lipinski definition) is 5. The summed E-state index contributed by atoms with van der Waals surface area (Å²) in [7, 11) is 0. The average Bonchev–Trinajstić information content (AvgIpc) is 3.98. The van der Waals surface area contributed by atoms with Crippen molar-refractivity contribution in [1.82, 2.24) is 0 Å². The number of ether oxygens (including phenoxy) is 1. The first-order valence-corrected chi connectivity index (χ1v) is 23.1. The molecule has 3 heterocycles. The zero-order chi connectivity index (χ0) is 46.0. The molecular formula is C64H42N2O3. The molecule has 1 aliphatic rings. The van der Waals surface area contributed by atoms with Gasteiger partial charge in [0.1, 0.15) is 33.8 Å². The summed E-state index contributed by atoms with van der Waals surface area (Å²) in [6, 6.07) is 72.1. The summed E-state index contributed by atoms with van der Waals surface area (Å²) in [5, 5.41) is 10.5. The van der Waals surface area contributed by atoms with Crippen LogP contribution in [0, 0.1) is 0 Å². The van der Waals surface area contributed by atoms with E-state index in [0.29, 0.717) is 0 Å². The van der Waals surface area contributed by atoms with Gasteiger partial charge in [-0.3, -0.25) is 0 Å². The second kappa shape index (κ2) is 16.2. The van der Waals surface area contributed by atoms with Gasteiger partial charge in [-0.25, -0.2) is 0 Å². The van der Waals surface area contributed by atoms with Gasteiger partial charge in [0.05, 0.1) is 0 Å². The summed E-state index contributed by atoms with van der Waals surface area (Å²) in [4.78, 5) is 2.13. The molecule has 326 valence electrons. The summed E-state index contributed by atoms with van der Waals surface area (Å²) in [6.45, 7) is 8.26. The van der Waals surface area contributed by atoms with E-state index in [4.69, 9.17) is 13.6 Å². The average molecular weight is 887 g/mol. The second-order valence-corrected chi connectivity index (χ2v) is 17.4. The number of fused-ring (bicyclic) bond motifs is 8. The van der Waals surface area contributed by atoms with Crippen LogP contribution in [0.2, 0.25) is 0 Å². The van der Waals surface area contributed by atoms with E-state index in [9.17, 15) is 0 Å². The van der Waals surface area contributed by atoms with Gasteiger partial charge in [-0.15, -0.1) is 0 Å². The molecule has 0 amide bonds. The maximum absolute atomic E-state index is 6.81. The molecule has 69 heavy (non-hydrogen) atoms. The molecule has 1 N–H and O–H groups in total. The monoisotopic (exact) mass is 886 g/mol. The number of para-hydroxylation sites is 5. The third-order valence-corrected chi connectivity index (χ3v) is 13.4. The van der Waals surface area contributed by atoms with E-state index in [1.54, 1.807) is 6.08 Å². The fourth-order valence-corrected chi connectivity index (χ4v) is 10.2. The van der Waals surface area contributed by atoms with Gasteiger partial charge in [-0.1, -0.05) is 165 Å². The molecule has 0 atom stereocenters. The number of allylic oxidation sites excluding steroid dienone is 3. The summed E-state index contributed by atoms with van der Waals surface area (Å²) in [6.07, 6.45) is 5.62. The molecule has 10 aromatic carbocycles. The molecule has 0 saturated heterocycles. The van der Waals surface area contributed by atoms with Gasteiger partial charge >= 0.3 is 0 Å². The van der Waals surface area contributed by atoms with Gasteiger partial charge in [0, 0.05) is 89.1 Å². The smallest absolute Gasteiger partial charge is 0.143 e. The quantitative estimate of drug-likeness (QED) is 0.139. The van der Waals surface area contributed by atoms with Crippen LogP contribution in [0.3, 0.4) is 0 Å². The Morgan fingerprint density at radius 2 is 1.01 bits per heavy atom. The van der Waals surface area contributed by atoms with Crippen molar-refractivity contribution in [2.45, 2.75) is 0 Å². The molecule has 0 aliphatic carbocycles. The molecule has 0 radical (unpaired) electrons. The van der Waals surface area contributed by atoms with Crippen LogP contribution < -0.4 is 15.0 Å². The Kier molecular flexibility index (Phi) is 9.41. The summed E-state index contributed by atoms with van der Waals surface area (Å²) < 4.78 is 19.8. The summed E-state index contributed by atoms with van der Waals surface area (Å²) in [5.41, 5.74) is 16.7. The molecular weight excluding hydrogens is 845 g/mol. The molecule has 12 aromatic rings. The van der Waals surface area contributed by atoms with Gasteiger partial charge in [0.2, 0.25) is 0 Å². The van der Waals surface area contributed by atoms with Crippen LogP contribution in [0.25, 0.3) is 99.2 Å². The van der Waals surface area contributed by atoms with Crippen LogP contribution in [0.15, 0.2) is 252 Å². The van der Waals surface area contributed by atoms with E-state index in [-0.39, 0.29) is 0 Å². The molecule has 2 aromatic heterocycles. The highest BCUT2D eigenvalue weighted by Crippen LogP contribution is 2.51. The van der Waals surface area contributed by atoms with E-state index in [1.807, 2.05) is 54.6 Å². The highest BCUT2D eigenvalue weighted by atomic mass is 16.5. The van der Waals surface area contributed by atoms with E-state index < -0.39 is 0 Å². The van der Waals surface area contributed by atoms with Crippen molar-refractivity contribution >= 4 is 77.4 Å². The lowest BCUT2D eigenvalue weighted by atomic mass is 9.93. The van der Waals surface area contributed by atoms with Crippen LogP contribution >= 0.6 is 0 Å². The summed E-state index contributed by atoms with van der Waals surface area (Å²) in [5.74, 6) is 1.59. The molecule has 0 fully saturated rings. The van der Waals surface area contributed by atoms with Crippen LogP contribution in [0.4, 0.5) is 22.7 Å². The van der Waals surface area contributed by atoms with Gasteiger partial charge in [0.15, 0.2) is 0 Å². The van der Waals surface area contributed by atoms with Gasteiger partial charge < -0.3 is 23.8 Å². The number of nitrogens with one attached hydrogen (secondary N) is 1. The molecule has 0 unspecified atom stereocenters. The maximum atomic E-state index is 6.81. The van der Waals surface area contributed by atoms with E-state index >= 15 is 0 Å². The predicted molar refractivity (Wildman–Crippen MR) is 287 cm³/mol. The van der Waals surface area contributed by atoms with E-state index in [0.717, 1.165) is 139 Å². The normalized spacial score (nSPS) is 11.9. The van der Waals surface area contributed by atoms with Gasteiger partial charge in [-0.2, -0.15) is 0 Å². The molecule has 0 saturated carbocycles. The lowest BCUT2D eigenvalue weighted by Crippen LogP contribution is -2.14. The highest BCUT2D eigenvalue weighted by molar-refractivity contribution is 6.12.